The second-order valence-electron chi connectivity index (χ2n) is 6.35. The number of hydrogen-bond donors (Lipinski definition) is 2. The van der Waals surface area contributed by atoms with E-state index in [0.29, 0.717) is 12.6 Å². The van der Waals surface area contributed by atoms with Crippen molar-refractivity contribution in [2.75, 3.05) is 25.1 Å². The molecule has 1 aliphatic rings. The lowest BCUT2D eigenvalue weighted by molar-refractivity contribution is 0.201. The van der Waals surface area contributed by atoms with Crippen LogP contribution < -0.4 is 15.4 Å². The summed E-state index contributed by atoms with van der Waals surface area (Å²) in [7, 11) is 0. The number of thioether (sulfide) groups is 1. The highest BCUT2D eigenvalue weighted by atomic mass is 127. The van der Waals surface area contributed by atoms with Gasteiger partial charge in [0.2, 0.25) is 5.88 Å². The van der Waals surface area contributed by atoms with Crippen molar-refractivity contribution in [2.24, 2.45) is 4.99 Å². The molecule has 0 bridgehead atoms. The minimum Gasteiger partial charge on any atom is -0.474 e. The third kappa shape index (κ3) is 9.30. The molecular formula is C19H33IN4OS. The zero-order chi connectivity index (χ0) is 17.7. The van der Waals surface area contributed by atoms with Gasteiger partial charge in [-0.1, -0.05) is 6.07 Å². The first-order chi connectivity index (χ1) is 12.3. The van der Waals surface area contributed by atoms with Gasteiger partial charge in [0.05, 0.1) is 6.54 Å². The normalized spacial score (nSPS) is 14.8. The maximum absolute atomic E-state index is 5.91. The van der Waals surface area contributed by atoms with Crippen molar-refractivity contribution >= 4 is 41.7 Å². The molecule has 0 spiro atoms. The highest BCUT2D eigenvalue weighted by Gasteiger charge is 2.16. The average molecular weight is 492 g/mol. The summed E-state index contributed by atoms with van der Waals surface area (Å²) in [5.41, 5.74) is 1.10. The fourth-order valence-electron chi connectivity index (χ4n) is 2.84. The van der Waals surface area contributed by atoms with Gasteiger partial charge in [0.1, 0.15) is 6.10 Å². The molecule has 0 amide bonds. The van der Waals surface area contributed by atoms with Crippen LogP contribution in [0.2, 0.25) is 0 Å². The molecule has 1 aliphatic carbocycles. The molecule has 7 heteroatoms. The van der Waals surface area contributed by atoms with Crippen LogP contribution in [-0.4, -0.2) is 42.1 Å². The molecule has 0 aromatic carbocycles. The van der Waals surface area contributed by atoms with Gasteiger partial charge in [-0.25, -0.2) is 9.98 Å². The van der Waals surface area contributed by atoms with Crippen molar-refractivity contribution < 1.29 is 4.74 Å². The van der Waals surface area contributed by atoms with E-state index in [4.69, 9.17) is 4.74 Å². The van der Waals surface area contributed by atoms with Crippen LogP contribution in [0, 0.1) is 0 Å². The number of guanidine groups is 1. The van der Waals surface area contributed by atoms with Gasteiger partial charge in [0, 0.05) is 25.4 Å². The number of aliphatic imine (C=N–C) groups is 1. The Bertz CT molecular complexity index is 507. The molecule has 1 heterocycles. The Morgan fingerprint density at radius 1 is 1.27 bits per heavy atom. The summed E-state index contributed by atoms with van der Waals surface area (Å²) in [4.78, 5) is 9.07. The summed E-state index contributed by atoms with van der Waals surface area (Å²) < 4.78 is 5.91. The fourth-order valence-corrected chi connectivity index (χ4v) is 3.33. The van der Waals surface area contributed by atoms with Crippen molar-refractivity contribution in [2.45, 2.75) is 58.1 Å². The maximum Gasteiger partial charge on any atom is 0.213 e. The molecule has 0 unspecified atom stereocenters. The maximum atomic E-state index is 5.91. The van der Waals surface area contributed by atoms with E-state index in [-0.39, 0.29) is 24.0 Å². The lowest BCUT2D eigenvalue weighted by Gasteiger charge is -2.12. The summed E-state index contributed by atoms with van der Waals surface area (Å²) in [5, 5.41) is 6.69. The van der Waals surface area contributed by atoms with Crippen LogP contribution in [-0.2, 0) is 6.54 Å². The number of nitrogens with zero attached hydrogens (tertiary/aromatic N) is 2. The molecular weight excluding hydrogens is 459 g/mol. The van der Waals surface area contributed by atoms with Crippen molar-refractivity contribution in [3.63, 3.8) is 0 Å². The summed E-state index contributed by atoms with van der Waals surface area (Å²) in [5.74, 6) is 2.83. The van der Waals surface area contributed by atoms with Gasteiger partial charge < -0.3 is 15.4 Å². The molecule has 0 atom stereocenters. The topological polar surface area (TPSA) is 58.5 Å². The molecule has 1 aromatic rings. The van der Waals surface area contributed by atoms with E-state index in [2.05, 4.69) is 39.9 Å². The Labute approximate surface area is 179 Å². The van der Waals surface area contributed by atoms with Crippen LogP contribution in [0.1, 0.15) is 51.0 Å². The van der Waals surface area contributed by atoms with Gasteiger partial charge >= 0.3 is 0 Å². The molecule has 0 saturated heterocycles. The molecule has 1 fully saturated rings. The van der Waals surface area contributed by atoms with Crippen LogP contribution >= 0.6 is 35.7 Å². The molecule has 2 N–H and O–H groups in total. The van der Waals surface area contributed by atoms with Crippen molar-refractivity contribution in [3.8, 4) is 5.88 Å². The largest absolute Gasteiger partial charge is 0.474 e. The second-order valence-corrected chi connectivity index (χ2v) is 7.34. The summed E-state index contributed by atoms with van der Waals surface area (Å²) in [6.07, 6.45) is 11.6. The molecule has 1 saturated carbocycles. The fraction of sp³-hybridized carbons (Fsp3) is 0.684. The molecule has 2 rings (SSSR count). The minimum atomic E-state index is 0. The summed E-state index contributed by atoms with van der Waals surface area (Å²) in [6, 6.07) is 4.02. The molecule has 5 nitrogen and oxygen atoms in total. The average Bonchev–Trinajstić information content (AvgIpc) is 3.13. The van der Waals surface area contributed by atoms with E-state index >= 15 is 0 Å². The number of ether oxygens (including phenoxy) is 1. The Balaban J connectivity index is 0.00000338. The Kier molecular flexibility index (Phi) is 12.9. The summed E-state index contributed by atoms with van der Waals surface area (Å²) >= 11 is 1.90. The SMILES string of the molecule is CCNC(=NCc1ccc(OC2CCCC2)nc1)NCCCCSC.I. The zero-order valence-electron chi connectivity index (χ0n) is 16.0. The molecule has 0 radical (unpaired) electrons. The first-order valence-electron chi connectivity index (χ1n) is 9.44. The molecule has 0 aliphatic heterocycles. The highest BCUT2D eigenvalue weighted by Crippen LogP contribution is 2.22. The Morgan fingerprint density at radius 2 is 2.08 bits per heavy atom. The van der Waals surface area contributed by atoms with Crippen LogP contribution in [0.4, 0.5) is 0 Å². The predicted octanol–water partition coefficient (Wildman–Crippen LogP) is 4.22. The van der Waals surface area contributed by atoms with Crippen molar-refractivity contribution in [3.05, 3.63) is 23.9 Å². The first kappa shape index (κ1) is 23.3. The van der Waals surface area contributed by atoms with Crippen molar-refractivity contribution in [1.29, 1.82) is 0 Å². The Hall–Kier alpha value is -0.700. The number of nitrogens with one attached hydrogen (secondary N) is 2. The minimum absolute atomic E-state index is 0. The van der Waals surface area contributed by atoms with E-state index in [1.54, 1.807) is 0 Å². The zero-order valence-corrected chi connectivity index (χ0v) is 19.1. The van der Waals surface area contributed by atoms with E-state index in [1.807, 2.05) is 24.0 Å². The predicted molar refractivity (Wildman–Crippen MR) is 123 cm³/mol. The second kappa shape index (κ2) is 14.4. The first-order valence-corrected chi connectivity index (χ1v) is 10.8. The van der Waals surface area contributed by atoms with E-state index in [0.717, 1.165) is 43.3 Å². The third-order valence-electron chi connectivity index (χ3n) is 4.22. The monoisotopic (exact) mass is 492 g/mol. The lowest BCUT2D eigenvalue weighted by Crippen LogP contribution is -2.37. The third-order valence-corrected chi connectivity index (χ3v) is 4.92. The van der Waals surface area contributed by atoms with Gasteiger partial charge in [-0.15, -0.1) is 24.0 Å². The number of halogens is 1. The van der Waals surface area contributed by atoms with Gasteiger partial charge in [-0.3, -0.25) is 0 Å². The highest BCUT2D eigenvalue weighted by molar-refractivity contribution is 14.0. The number of aromatic nitrogens is 1. The van der Waals surface area contributed by atoms with Crippen molar-refractivity contribution in [1.82, 2.24) is 15.6 Å². The van der Waals surface area contributed by atoms with Gasteiger partial charge in [-0.05, 0) is 63.0 Å². The van der Waals surface area contributed by atoms with Gasteiger partial charge in [-0.2, -0.15) is 11.8 Å². The number of pyridine rings is 1. The quantitative estimate of drug-likeness (QED) is 0.222. The Morgan fingerprint density at radius 3 is 2.73 bits per heavy atom. The number of hydrogen-bond acceptors (Lipinski definition) is 4. The van der Waals surface area contributed by atoms with Crippen LogP contribution in [0.3, 0.4) is 0 Å². The van der Waals surface area contributed by atoms with E-state index in [1.165, 1.54) is 31.4 Å². The lowest BCUT2D eigenvalue weighted by atomic mass is 10.3. The molecule has 1 aromatic heterocycles. The standard InChI is InChI=1S/C19H32N4OS.HI/c1-3-20-19(21-12-6-7-13-25-2)23-15-16-10-11-18(22-14-16)24-17-8-4-5-9-17;/h10-11,14,17H,3-9,12-13,15H2,1-2H3,(H2,20,21,23);1H. The van der Waals surface area contributed by atoms with Gasteiger partial charge in [0.15, 0.2) is 5.96 Å². The van der Waals surface area contributed by atoms with Crippen LogP contribution in [0.5, 0.6) is 5.88 Å². The molecule has 148 valence electrons. The molecule has 26 heavy (non-hydrogen) atoms. The van der Waals surface area contributed by atoms with Crippen LogP contribution in [0.15, 0.2) is 23.3 Å². The number of rotatable bonds is 10. The smallest absolute Gasteiger partial charge is 0.213 e. The van der Waals surface area contributed by atoms with Crippen LogP contribution in [0.25, 0.3) is 0 Å². The summed E-state index contributed by atoms with van der Waals surface area (Å²) in [6.45, 7) is 4.53. The van der Waals surface area contributed by atoms with E-state index < -0.39 is 0 Å². The van der Waals surface area contributed by atoms with Gasteiger partial charge in [0.25, 0.3) is 0 Å². The van der Waals surface area contributed by atoms with E-state index in [9.17, 15) is 0 Å². The number of unbranched alkanes of at least 4 members (excludes halogenated alkanes) is 1.